The van der Waals surface area contributed by atoms with Crippen LogP contribution in [-0.2, 0) is 0 Å². The lowest BCUT2D eigenvalue weighted by molar-refractivity contribution is 1.07. The quantitative estimate of drug-likeness (QED) is 0.202. The second kappa shape index (κ2) is 12.0. The lowest BCUT2D eigenvalue weighted by Gasteiger charge is -2.13. The molecule has 0 bridgehead atoms. The van der Waals surface area contributed by atoms with Crippen molar-refractivity contribution in [2.24, 2.45) is 0 Å². The topological polar surface area (TPSA) is 62.5 Å². The summed E-state index contributed by atoms with van der Waals surface area (Å²) in [5.41, 5.74) is 9.87. The van der Waals surface area contributed by atoms with Gasteiger partial charge in [-0.2, -0.15) is 5.26 Å². The lowest BCUT2D eigenvalue weighted by Crippen LogP contribution is -2.00. The molecule has 4 heteroatoms. The van der Waals surface area contributed by atoms with Crippen molar-refractivity contribution in [3.05, 3.63) is 163 Å². The minimum Gasteiger partial charge on any atom is -0.208 e. The molecule has 0 saturated carbocycles. The van der Waals surface area contributed by atoms with Gasteiger partial charge >= 0.3 is 0 Å². The van der Waals surface area contributed by atoms with E-state index >= 15 is 0 Å². The predicted octanol–water partition coefficient (Wildman–Crippen LogP) is 9.75. The molecule has 0 amide bonds. The second-order valence-electron chi connectivity index (χ2n) is 10.5. The number of benzene rings is 6. The zero-order valence-electron chi connectivity index (χ0n) is 23.8. The predicted molar refractivity (Wildman–Crippen MR) is 177 cm³/mol. The van der Waals surface area contributed by atoms with Gasteiger partial charge in [0, 0.05) is 16.7 Å². The van der Waals surface area contributed by atoms with Gasteiger partial charge in [0.2, 0.25) is 0 Å². The first-order valence-electron chi connectivity index (χ1n) is 14.4. The molecule has 0 radical (unpaired) electrons. The Kier molecular flexibility index (Phi) is 7.26. The van der Waals surface area contributed by atoms with E-state index < -0.39 is 0 Å². The minimum atomic E-state index is 0.611. The monoisotopic (exact) mass is 562 g/mol. The third-order valence-corrected chi connectivity index (χ3v) is 7.54. The van der Waals surface area contributed by atoms with Crippen molar-refractivity contribution in [1.29, 1.82) is 5.26 Å². The van der Waals surface area contributed by atoms with Gasteiger partial charge < -0.3 is 0 Å². The summed E-state index contributed by atoms with van der Waals surface area (Å²) in [5.74, 6) is 1.87. The summed E-state index contributed by atoms with van der Waals surface area (Å²) in [6.07, 6.45) is 0. The van der Waals surface area contributed by atoms with Crippen molar-refractivity contribution >= 4 is 0 Å². The van der Waals surface area contributed by atoms with E-state index in [1.165, 1.54) is 0 Å². The maximum absolute atomic E-state index is 9.23. The SMILES string of the molecule is N#Cc1ccc(-c2cccc(-c3cc(-c4ccccc4)cc(-c4nc(-c5ccccc5)nc(-c5ccccc5)n4)c3)c2)cc1. The number of hydrogen-bond acceptors (Lipinski definition) is 4. The van der Waals surface area contributed by atoms with Crippen LogP contribution in [0.1, 0.15) is 5.56 Å². The maximum Gasteiger partial charge on any atom is 0.164 e. The van der Waals surface area contributed by atoms with Gasteiger partial charge in [0.1, 0.15) is 0 Å². The van der Waals surface area contributed by atoms with Crippen LogP contribution in [0, 0.1) is 11.3 Å². The molecule has 0 fully saturated rings. The smallest absolute Gasteiger partial charge is 0.164 e. The summed E-state index contributed by atoms with van der Waals surface area (Å²) in [4.78, 5) is 14.9. The Morgan fingerprint density at radius 1 is 0.318 bits per heavy atom. The van der Waals surface area contributed by atoms with E-state index in [1.54, 1.807) is 0 Å². The Bertz CT molecular complexity index is 2040. The summed E-state index contributed by atoms with van der Waals surface area (Å²) in [6.45, 7) is 0. The van der Waals surface area contributed by atoms with Crippen LogP contribution < -0.4 is 0 Å². The highest BCUT2D eigenvalue weighted by atomic mass is 15.0. The van der Waals surface area contributed by atoms with Crippen LogP contribution in [0.25, 0.3) is 67.5 Å². The van der Waals surface area contributed by atoms with Crippen molar-refractivity contribution in [2.45, 2.75) is 0 Å². The maximum atomic E-state index is 9.23. The van der Waals surface area contributed by atoms with Crippen LogP contribution in [0.15, 0.2) is 158 Å². The molecule has 0 saturated heterocycles. The molecular weight excluding hydrogens is 536 g/mol. The highest BCUT2D eigenvalue weighted by molar-refractivity contribution is 5.82. The Morgan fingerprint density at radius 3 is 1.20 bits per heavy atom. The van der Waals surface area contributed by atoms with Crippen LogP contribution >= 0.6 is 0 Å². The molecule has 0 N–H and O–H groups in total. The number of nitriles is 1. The molecule has 0 aliphatic carbocycles. The Hall–Kier alpha value is -6.18. The Labute approximate surface area is 256 Å². The Balaban J connectivity index is 1.41. The van der Waals surface area contributed by atoms with Crippen molar-refractivity contribution < 1.29 is 0 Å². The molecule has 6 aromatic carbocycles. The number of hydrogen-bond donors (Lipinski definition) is 0. The summed E-state index contributed by atoms with van der Waals surface area (Å²) >= 11 is 0. The minimum absolute atomic E-state index is 0.611. The highest BCUT2D eigenvalue weighted by Gasteiger charge is 2.15. The van der Waals surface area contributed by atoms with Crippen molar-refractivity contribution in [3.63, 3.8) is 0 Å². The fourth-order valence-corrected chi connectivity index (χ4v) is 5.27. The first kappa shape index (κ1) is 26.7. The molecular formula is C40H26N4. The highest BCUT2D eigenvalue weighted by Crippen LogP contribution is 2.34. The standard InChI is InChI=1S/C40H26N4/c41-27-28-19-21-30(22-20-28)33-17-10-18-34(23-33)36-24-35(29-11-4-1-5-12-29)25-37(26-36)40-43-38(31-13-6-2-7-14-31)42-39(44-40)32-15-8-3-9-16-32/h1-26H. The fraction of sp³-hybridized carbons (Fsp3) is 0. The van der Waals surface area contributed by atoms with E-state index in [9.17, 15) is 5.26 Å². The van der Waals surface area contributed by atoms with Crippen LogP contribution in [0.5, 0.6) is 0 Å². The van der Waals surface area contributed by atoms with E-state index in [2.05, 4.69) is 72.8 Å². The van der Waals surface area contributed by atoms with Gasteiger partial charge in [-0.05, 0) is 69.8 Å². The molecule has 4 nitrogen and oxygen atoms in total. The second-order valence-corrected chi connectivity index (χ2v) is 10.5. The zero-order chi connectivity index (χ0) is 29.7. The summed E-state index contributed by atoms with van der Waals surface area (Å²) < 4.78 is 0. The van der Waals surface area contributed by atoms with Crippen molar-refractivity contribution in [1.82, 2.24) is 15.0 Å². The van der Waals surface area contributed by atoms with Gasteiger partial charge in [0.25, 0.3) is 0 Å². The average molecular weight is 563 g/mol. The van der Waals surface area contributed by atoms with Gasteiger partial charge in [-0.15, -0.1) is 0 Å². The average Bonchev–Trinajstić information content (AvgIpc) is 3.12. The van der Waals surface area contributed by atoms with Crippen LogP contribution in [-0.4, -0.2) is 15.0 Å². The zero-order valence-corrected chi connectivity index (χ0v) is 23.8. The fourth-order valence-electron chi connectivity index (χ4n) is 5.27. The lowest BCUT2D eigenvalue weighted by atomic mass is 9.94. The van der Waals surface area contributed by atoms with Gasteiger partial charge in [0.05, 0.1) is 11.6 Å². The van der Waals surface area contributed by atoms with Gasteiger partial charge in [-0.1, -0.05) is 121 Å². The first-order valence-corrected chi connectivity index (χ1v) is 14.4. The molecule has 1 aromatic heterocycles. The third kappa shape index (κ3) is 5.63. The van der Waals surface area contributed by atoms with Crippen LogP contribution in [0.3, 0.4) is 0 Å². The molecule has 7 rings (SSSR count). The molecule has 206 valence electrons. The first-order chi connectivity index (χ1) is 21.7. The van der Waals surface area contributed by atoms with E-state index in [-0.39, 0.29) is 0 Å². The van der Waals surface area contributed by atoms with Gasteiger partial charge in [0.15, 0.2) is 17.5 Å². The summed E-state index contributed by atoms with van der Waals surface area (Å²) in [7, 11) is 0. The van der Waals surface area contributed by atoms with Gasteiger partial charge in [-0.25, -0.2) is 15.0 Å². The molecule has 0 aliphatic heterocycles. The van der Waals surface area contributed by atoms with Gasteiger partial charge in [-0.3, -0.25) is 0 Å². The molecule has 1 heterocycles. The van der Waals surface area contributed by atoms with E-state index in [0.717, 1.165) is 50.1 Å². The largest absolute Gasteiger partial charge is 0.208 e. The molecule has 7 aromatic rings. The number of rotatable bonds is 6. The summed E-state index contributed by atoms with van der Waals surface area (Å²) in [5, 5.41) is 9.23. The van der Waals surface area contributed by atoms with Crippen LogP contribution in [0.2, 0.25) is 0 Å². The van der Waals surface area contributed by atoms with E-state index in [0.29, 0.717) is 23.0 Å². The third-order valence-electron chi connectivity index (χ3n) is 7.54. The molecule has 0 aliphatic rings. The van der Waals surface area contributed by atoms with Crippen LogP contribution in [0.4, 0.5) is 0 Å². The molecule has 0 unspecified atom stereocenters. The molecule has 44 heavy (non-hydrogen) atoms. The molecule has 0 atom stereocenters. The molecule has 0 spiro atoms. The normalized spacial score (nSPS) is 10.7. The van der Waals surface area contributed by atoms with Crippen molar-refractivity contribution in [3.8, 4) is 73.6 Å². The Morgan fingerprint density at radius 2 is 0.682 bits per heavy atom. The van der Waals surface area contributed by atoms with E-state index in [4.69, 9.17) is 15.0 Å². The van der Waals surface area contributed by atoms with E-state index in [1.807, 2.05) is 91.0 Å². The number of aromatic nitrogens is 3. The van der Waals surface area contributed by atoms with Crippen molar-refractivity contribution in [2.75, 3.05) is 0 Å². The number of nitrogens with zero attached hydrogens (tertiary/aromatic N) is 4. The summed E-state index contributed by atoms with van der Waals surface area (Å²) in [6, 6.07) is 55.3.